The van der Waals surface area contributed by atoms with Gasteiger partial charge in [-0.25, -0.2) is 22.9 Å². The summed E-state index contributed by atoms with van der Waals surface area (Å²) >= 11 is 0. The first-order valence-electron chi connectivity index (χ1n) is 8.50. The maximum Gasteiger partial charge on any atom is 0.490 e. The summed E-state index contributed by atoms with van der Waals surface area (Å²) in [5.74, 6) is -4.27. The Morgan fingerprint density at radius 1 is 1.23 bits per heavy atom. The van der Waals surface area contributed by atoms with Crippen LogP contribution in [0.5, 0.6) is 0 Å². The molecule has 1 aliphatic heterocycles. The maximum absolute atomic E-state index is 15.3. The van der Waals surface area contributed by atoms with Crippen LogP contribution in [0.4, 0.5) is 4.39 Å². The third-order valence-corrected chi connectivity index (χ3v) is 7.07. The summed E-state index contributed by atoms with van der Waals surface area (Å²) in [6.07, 6.45) is -6.86. The molecule has 0 radical (unpaired) electrons. The van der Waals surface area contributed by atoms with Crippen molar-refractivity contribution in [3.8, 4) is 0 Å². The summed E-state index contributed by atoms with van der Waals surface area (Å²) in [5, 5.41) is 20.0. The Hall–Kier alpha value is -1.10. The molecule has 2 heterocycles. The first-order valence-corrected chi connectivity index (χ1v) is 12.0. The third-order valence-electron chi connectivity index (χ3n) is 3.42. The molecule has 1 aromatic heterocycles. The second-order valence-corrected chi connectivity index (χ2v) is 10.2. The number of phosphoric ester groups is 1. The predicted octanol–water partition coefficient (Wildman–Crippen LogP) is -1.90. The number of aliphatic hydroxyl groups is 2. The van der Waals surface area contributed by atoms with Gasteiger partial charge in [-0.3, -0.25) is 18.9 Å². The predicted molar refractivity (Wildman–Crippen MR) is 91.9 cm³/mol. The topological polar surface area (TPSA) is 264 Å². The van der Waals surface area contributed by atoms with Crippen molar-refractivity contribution in [1.29, 1.82) is 0 Å². The molecule has 1 fully saturated rings. The Balaban J connectivity index is 2.36. The number of phosphoric acid groups is 3. The minimum Gasteiger partial charge on any atom is -0.385 e. The fourth-order valence-corrected chi connectivity index (χ4v) is 5.07. The number of nitrogens with zero attached hydrogens (tertiary/aromatic N) is 1. The normalized spacial score (nSPS) is 32.1. The van der Waals surface area contributed by atoms with Crippen molar-refractivity contribution in [3.63, 3.8) is 0 Å². The van der Waals surface area contributed by atoms with Crippen LogP contribution in [0.15, 0.2) is 15.8 Å². The molecule has 21 heteroatoms. The molecular weight excluding hydrogens is 500 g/mol. The van der Waals surface area contributed by atoms with Crippen LogP contribution < -0.4 is 11.2 Å². The number of aromatic amines is 1. The van der Waals surface area contributed by atoms with Crippen LogP contribution in [0.3, 0.4) is 0 Å². The highest BCUT2D eigenvalue weighted by Gasteiger charge is 2.57. The monoisotopic (exact) mass is 518 g/mol. The number of alkyl halides is 1. The van der Waals surface area contributed by atoms with Crippen molar-refractivity contribution in [2.75, 3.05) is 6.56 Å². The van der Waals surface area contributed by atoms with E-state index >= 15 is 4.39 Å². The highest BCUT2D eigenvalue weighted by molar-refractivity contribution is 7.66. The molecule has 2 rings (SSSR count). The van der Waals surface area contributed by atoms with Gasteiger partial charge in [-0.1, -0.05) is 0 Å². The molecule has 7 N–H and O–H groups in total. The van der Waals surface area contributed by atoms with E-state index in [-0.39, 0.29) is 5.56 Å². The van der Waals surface area contributed by atoms with Gasteiger partial charge in [-0.2, -0.15) is 8.62 Å². The van der Waals surface area contributed by atoms with Gasteiger partial charge in [0, 0.05) is 11.8 Å². The lowest BCUT2D eigenvalue weighted by atomic mass is 10.1. The van der Waals surface area contributed by atoms with Gasteiger partial charge < -0.3 is 34.5 Å². The van der Waals surface area contributed by atoms with E-state index in [0.717, 1.165) is 6.20 Å². The summed E-state index contributed by atoms with van der Waals surface area (Å²) in [5.41, 5.74) is -2.33. The Labute approximate surface area is 172 Å². The van der Waals surface area contributed by atoms with E-state index in [1.807, 2.05) is 0 Å². The van der Waals surface area contributed by atoms with Crippen molar-refractivity contribution in [1.82, 2.24) is 9.55 Å². The van der Waals surface area contributed by atoms with Gasteiger partial charge in [-0.05, 0) is 6.92 Å². The Morgan fingerprint density at radius 3 is 2.35 bits per heavy atom. The molecule has 1 aromatic rings. The Bertz CT molecular complexity index is 1180. The molecule has 178 valence electrons. The number of halogens is 1. The van der Waals surface area contributed by atoms with Crippen molar-refractivity contribution >= 4 is 23.5 Å². The Kier molecular flexibility index (Phi) is 6.46. The number of ether oxygens (including phenoxy) is 1. The molecule has 1 aliphatic rings. The first kappa shape index (κ1) is 23.1. The number of aromatic nitrogens is 2. The molecule has 31 heavy (non-hydrogen) atoms. The summed E-state index contributed by atoms with van der Waals surface area (Å²) < 4.78 is 79.5. The van der Waals surface area contributed by atoms with Crippen molar-refractivity contribution < 1.29 is 68.5 Å². The third kappa shape index (κ3) is 6.46. The molecular formula is C10H16FN2O15P3. The average Bonchev–Trinajstić information content (AvgIpc) is 2.79. The van der Waals surface area contributed by atoms with E-state index in [2.05, 4.69) is 17.9 Å². The highest BCUT2D eigenvalue weighted by atomic mass is 31.3. The summed E-state index contributed by atoms with van der Waals surface area (Å²) in [7, 11) is -18.1. The second kappa shape index (κ2) is 8.68. The van der Waals surface area contributed by atoms with E-state index in [9.17, 15) is 38.4 Å². The largest absolute Gasteiger partial charge is 0.490 e. The molecule has 0 amide bonds. The van der Waals surface area contributed by atoms with Gasteiger partial charge in [0.25, 0.3) is 11.4 Å². The van der Waals surface area contributed by atoms with E-state index in [1.165, 1.54) is 6.92 Å². The summed E-state index contributed by atoms with van der Waals surface area (Å²) in [6, 6.07) is 0. The van der Waals surface area contributed by atoms with E-state index < -0.39 is 65.6 Å². The number of hydrogen-bond donors (Lipinski definition) is 7. The summed E-state index contributed by atoms with van der Waals surface area (Å²) in [6.45, 7) is -3.13. The zero-order chi connectivity index (χ0) is 25.8. The van der Waals surface area contributed by atoms with Gasteiger partial charge in [0.2, 0.25) is 0 Å². The molecule has 0 spiro atoms. The minimum absolute atomic E-state index is 0.160. The fourth-order valence-electron chi connectivity index (χ4n) is 2.19. The van der Waals surface area contributed by atoms with Crippen LogP contribution >= 0.6 is 23.5 Å². The second-order valence-electron chi connectivity index (χ2n) is 5.85. The fraction of sp³-hybridized carbons (Fsp3) is 0.600. The van der Waals surface area contributed by atoms with Crippen LogP contribution in [0, 0.1) is 6.92 Å². The summed E-state index contributed by atoms with van der Waals surface area (Å²) in [4.78, 5) is 60.6. The van der Waals surface area contributed by atoms with Gasteiger partial charge in [0.1, 0.15) is 18.8 Å². The number of aryl methyl sites for hydroxylation is 1. The van der Waals surface area contributed by atoms with E-state index in [0.29, 0.717) is 4.57 Å². The lowest BCUT2D eigenvalue weighted by molar-refractivity contribution is -0.205. The van der Waals surface area contributed by atoms with Crippen LogP contribution in [-0.2, 0) is 31.6 Å². The SMILES string of the molecule is [2H]C([2H])(OP(=O)(O)OP(=O)(O)OP(=O)(O)O)[C@@]1(F)O[C@@H](n2cc(C)c(=O)[nH]c2=O)[C@H](O)[C@@H]1O. The van der Waals surface area contributed by atoms with Gasteiger partial charge in [0.15, 0.2) is 6.23 Å². The molecule has 6 atom stereocenters. The zero-order valence-electron chi connectivity index (χ0n) is 16.8. The van der Waals surface area contributed by atoms with E-state index in [1.54, 1.807) is 4.98 Å². The first-order chi connectivity index (χ1) is 14.6. The van der Waals surface area contributed by atoms with Crippen LogP contribution in [0.1, 0.15) is 14.5 Å². The molecule has 0 saturated carbocycles. The van der Waals surface area contributed by atoms with Crippen molar-refractivity contribution in [3.05, 3.63) is 32.6 Å². The number of H-pyrrole nitrogens is 1. The number of rotatable bonds is 8. The van der Waals surface area contributed by atoms with Gasteiger partial charge in [0.05, 0.1) is 2.74 Å². The molecule has 0 aliphatic carbocycles. The number of hydrogen-bond acceptors (Lipinski definition) is 11. The lowest BCUT2D eigenvalue weighted by Crippen LogP contribution is -2.43. The number of aliphatic hydroxyl groups excluding tert-OH is 2. The molecule has 0 bridgehead atoms. The molecule has 1 saturated heterocycles. The Morgan fingerprint density at radius 2 is 1.81 bits per heavy atom. The quantitative estimate of drug-likeness (QED) is 0.185. The van der Waals surface area contributed by atoms with Crippen molar-refractivity contribution in [2.45, 2.75) is 31.2 Å². The lowest BCUT2D eigenvalue weighted by Gasteiger charge is -2.24. The smallest absolute Gasteiger partial charge is 0.385 e. The average molecular weight is 518 g/mol. The van der Waals surface area contributed by atoms with Gasteiger partial charge in [-0.15, -0.1) is 0 Å². The highest BCUT2D eigenvalue weighted by Crippen LogP contribution is 2.66. The standard InChI is InChI=1S/C10H16FN2O15P3/c1-4-2-13(9(17)12-7(4)16)8-5(14)6(15)10(11,26-8)3-25-30(21,22)28-31(23,24)27-29(18,19)20/h2,5-6,8,14-15H,3H2,1H3,(H,21,22)(H,23,24)(H,12,16,17)(H2,18,19,20)/t5-,6+,8-,10-/m1/s1/i3D2. The van der Waals surface area contributed by atoms with E-state index in [4.69, 9.17) is 17.4 Å². The molecule has 2 unspecified atom stereocenters. The van der Waals surface area contributed by atoms with Crippen LogP contribution in [0.25, 0.3) is 0 Å². The van der Waals surface area contributed by atoms with Crippen LogP contribution in [-0.4, -0.2) is 64.0 Å². The van der Waals surface area contributed by atoms with Crippen molar-refractivity contribution in [2.24, 2.45) is 0 Å². The maximum atomic E-state index is 15.3. The molecule has 0 aromatic carbocycles. The molecule has 17 nitrogen and oxygen atoms in total. The number of nitrogens with one attached hydrogen (secondary N) is 1. The van der Waals surface area contributed by atoms with Gasteiger partial charge >= 0.3 is 29.2 Å². The zero-order valence-corrected chi connectivity index (χ0v) is 17.5. The minimum atomic E-state index is -6.26. The van der Waals surface area contributed by atoms with Crippen LogP contribution in [0.2, 0.25) is 0 Å².